The number of carbonyl (C=O) groups excluding carboxylic acids is 1. The number of anilines is 1. The normalized spacial score (nSPS) is 23.6. The summed E-state index contributed by atoms with van der Waals surface area (Å²) in [6, 6.07) is 2.94. The van der Waals surface area contributed by atoms with Gasteiger partial charge in [0, 0.05) is 29.7 Å². The third-order valence-electron chi connectivity index (χ3n) is 4.49. The first-order valence-electron chi connectivity index (χ1n) is 8.26. The molecule has 1 amide bonds. The fourth-order valence-corrected chi connectivity index (χ4v) is 3.60. The SMILES string of the molecule is COc1cc(NC(=O)C[NH+]2C[C@@H](C)C[C@H](C)C2)c(C)cc1[N+](=O)[O-]. The van der Waals surface area contributed by atoms with E-state index in [0.29, 0.717) is 29.6 Å². The van der Waals surface area contributed by atoms with Crippen LogP contribution in [-0.4, -0.2) is 37.6 Å². The summed E-state index contributed by atoms with van der Waals surface area (Å²) in [7, 11) is 1.38. The molecule has 1 heterocycles. The number of hydrogen-bond donors (Lipinski definition) is 2. The fraction of sp³-hybridized carbons (Fsp3) is 0.588. The van der Waals surface area contributed by atoms with Crippen LogP contribution in [-0.2, 0) is 4.79 Å². The Balaban J connectivity index is 2.07. The minimum atomic E-state index is -0.488. The van der Waals surface area contributed by atoms with Crippen LogP contribution < -0.4 is 15.0 Å². The number of nitrogens with one attached hydrogen (secondary N) is 2. The smallest absolute Gasteiger partial charge is 0.311 e. The molecule has 2 rings (SSSR count). The van der Waals surface area contributed by atoms with E-state index in [9.17, 15) is 14.9 Å². The minimum Gasteiger partial charge on any atom is -0.490 e. The first-order valence-corrected chi connectivity index (χ1v) is 8.26. The van der Waals surface area contributed by atoms with E-state index in [1.54, 1.807) is 6.92 Å². The van der Waals surface area contributed by atoms with Gasteiger partial charge in [-0.2, -0.15) is 0 Å². The lowest BCUT2D eigenvalue weighted by atomic mass is 9.92. The van der Waals surface area contributed by atoms with Crippen molar-refractivity contribution >= 4 is 17.3 Å². The van der Waals surface area contributed by atoms with Crippen LogP contribution in [0.25, 0.3) is 0 Å². The van der Waals surface area contributed by atoms with Gasteiger partial charge in [-0.15, -0.1) is 0 Å². The molecule has 1 saturated heterocycles. The van der Waals surface area contributed by atoms with E-state index >= 15 is 0 Å². The quantitative estimate of drug-likeness (QED) is 0.629. The molecule has 0 radical (unpaired) electrons. The van der Waals surface area contributed by atoms with Gasteiger partial charge in [0.2, 0.25) is 0 Å². The first kappa shape index (κ1) is 18.2. The molecule has 1 aromatic rings. The van der Waals surface area contributed by atoms with Crippen molar-refractivity contribution in [3.63, 3.8) is 0 Å². The summed E-state index contributed by atoms with van der Waals surface area (Å²) in [6.07, 6.45) is 1.21. The maximum atomic E-state index is 12.4. The summed E-state index contributed by atoms with van der Waals surface area (Å²) in [5.74, 6) is 1.31. The molecule has 24 heavy (non-hydrogen) atoms. The Bertz CT molecular complexity index is 623. The Kier molecular flexibility index (Phi) is 5.77. The number of methoxy groups -OCH3 is 1. The Hall–Kier alpha value is -2.15. The van der Waals surface area contributed by atoms with Crippen LogP contribution in [0.5, 0.6) is 5.75 Å². The lowest BCUT2D eigenvalue weighted by Gasteiger charge is -2.31. The Morgan fingerprint density at radius 2 is 2.00 bits per heavy atom. The monoisotopic (exact) mass is 336 g/mol. The molecule has 1 aliphatic heterocycles. The molecular formula is C17H26N3O4+. The van der Waals surface area contributed by atoms with Crippen LogP contribution in [0, 0.1) is 28.9 Å². The number of amides is 1. The number of quaternary nitrogens is 1. The second kappa shape index (κ2) is 7.61. The van der Waals surface area contributed by atoms with Crippen molar-refractivity contribution in [2.45, 2.75) is 27.2 Å². The molecule has 1 fully saturated rings. The molecule has 0 aromatic heterocycles. The second-order valence-corrected chi connectivity index (χ2v) is 6.93. The zero-order valence-corrected chi connectivity index (χ0v) is 14.7. The Morgan fingerprint density at radius 1 is 1.38 bits per heavy atom. The largest absolute Gasteiger partial charge is 0.490 e. The molecule has 0 unspecified atom stereocenters. The van der Waals surface area contributed by atoms with E-state index in [1.807, 2.05) is 0 Å². The van der Waals surface area contributed by atoms with Gasteiger partial charge in [-0.3, -0.25) is 14.9 Å². The average Bonchev–Trinajstić information content (AvgIpc) is 2.47. The molecule has 0 saturated carbocycles. The van der Waals surface area contributed by atoms with E-state index < -0.39 is 4.92 Å². The lowest BCUT2D eigenvalue weighted by molar-refractivity contribution is -0.904. The van der Waals surface area contributed by atoms with Crippen LogP contribution in [0.3, 0.4) is 0 Å². The molecule has 0 bridgehead atoms. The molecule has 7 heteroatoms. The molecule has 1 aromatic carbocycles. The molecule has 2 N–H and O–H groups in total. The summed E-state index contributed by atoms with van der Waals surface area (Å²) >= 11 is 0. The van der Waals surface area contributed by atoms with Gasteiger partial charge in [0.25, 0.3) is 5.91 Å². The van der Waals surface area contributed by atoms with Crippen molar-refractivity contribution in [3.05, 3.63) is 27.8 Å². The fourth-order valence-electron chi connectivity index (χ4n) is 3.60. The molecular weight excluding hydrogens is 310 g/mol. The summed E-state index contributed by atoms with van der Waals surface area (Å²) in [5.41, 5.74) is 1.10. The zero-order valence-electron chi connectivity index (χ0n) is 14.7. The van der Waals surface area contributed by atoms with E-state index in [1.165, 1.54) is 30.6 Å². The van der Waals surface area contributed by atoms with Gasteiger partial charge in [0.15, 0.2) is 12.3 Å². The van der Waals surface area contributed by atoms with Crippen LogP contribution in [0.2, 0.25) is 0 Å². The molecule has 2 atom stereocenters. The van der Waals surface area contributed by atoms with Crippen molar-refractivity contribution < 1.29 is 19.4 Å². The highest BCUT2D eigenvalue weighted by atomic mass is 16.6. The van der Waals surface area contributed by atoms with Gasteiger partial charge in [-0.25, -0.2) is 0 Å². The predicted molar refractivity (Wildman–Crippen MR) is 91.5 cm³/mol. The highest BCUT2D eigenvalue weighted by molar-refractivity contribution is 5.92. The number of aryl methyl sites for hydroxylation is 1. The summed E-state index contributed by atoms with van der Waals surface area (Å²) < 4.78 is 5.06. The summed E-state index contributed by atoms with van der Waals surface area (Å²) in [6.45, 7) is 8.59. The molecule has 132 valence electrons. The van der Waals surface area contributed by atoms with Crippen molar-refractivity contribution in [2.75, 3.05) is 32.1 Å². The number of likely N-dealkylation sites (tertiary alicyclic amines) is 1. The predicted octanol–water partition coefficient (Wildman–Crippen LogP) is 1.41. The van der Waals surface area contributed by atoms with E-state index in [4.69, 9.17) is 4.74 Å². The molecule has 0 aliphatic carbocycles. The third kappa shape index (κ3) is 4.44. The Labute approximate surface area is 142 Å². The second-order valence-electron chi connectivity index (χ2n) is 6.93. The standard InChI is InChI=1S/C17H25N3O4/c1-11-5-12(2)9-19(8-11)10-17(21)18-14-7-16(24-4)15(20(22)23)6-13(14)3/h6-7,11-12H,5,8-10H2,1-4H3,(H,18,21)/p+1/t11-,12-/m0/s1. The highest BCUT2D eigenvalue weighted by Crippen LogP contribution is 2.32. The third-order valence-corrected chi connectivity index (χ3v) is 4.49. The zero-order chi connectivity index (χ0) is 17.9. The lowest BCUT2D eigenvalue weighted by Crippen LogP contribution is -3.15. The maximum Gasteiger partial charge on any atom is 0.311 e. The van der Waals surface area contributed by atoms with Crippen molar-refractivity contribution in [1.82, 2.24) is 0 Å². The van der Waals surface area contributed by atoms with E-state index in [-0.39, 0.29) is 17.3 Å². The number of nitro benzene ring substituents is 1. The van der Waals surface area contributed by atoms with E-state index in [0.717, 1.165) is 13.1 Å². The van der Waals surface area contributed by atoms with Gasteiger partial charge >= 0.3 is 5.69 Å². The topological polar surface area (TPSA) is 85.9 Å². The van der Waals surface area contributed by atoms with Crippen LogP contribution >= 0.6 is 0 Å². The van der Waals surface area contributed by atoms with Crippen molar-refractivity contribution in [1.29, 1.82) is 0 Å². The Morgan fingerprint density at radius 3 is 2.54 bits per heavy atom. The minimum absolute atomic E-state index is 0.0784. The highest BCUT2D eigenvalue weighted by Gasteiger charge is 2.27. The van der Waals surface area contributed by atoms with Crippen molar-refractivity contribution in [2.24, 2.45) is 11.8 Å². The van der Waals surface area contributed by atoms with Gasteiger partial charge in [-0.05, 0) is 18.9 Å². The van der Waals surface area contributed by atoms with Gasteiger partial charge < -0.3 is 15.0 Å². The number of nitrogens with zero attached hydrogens (tertiary/aromatic N) is 1. The summed E-state index contributed by atoms with van der Waals surface area (Å²) in [4.78, 5) is 24.2. The number of benzene rings is 1. The molecule has 7 nitrogen and oxygen atoms in total. The van der Waals surface area contributed by atoms with Crippen LogP contribution in [0.1, 0.15) is 25.8 Å². The van der Waals surface area contributed by atoms with Gasteiger partial charge in [0.05, 0.1) is 25.1 Å². The average molecular weight is 336 g/mol. The number of rotatable bonds is 5. The van der Waals surface area contributed by atoms with Crippen LogP contribution in [0.15, 0.2) is 12.1 Å². The van der Waals surface area contributed by atoms with Gasteiger partial charge in [-0.1, -0.05) is 13.8 Å². The van der Waals surface area contributed by atoms with E-state index in [2.05, 4.69) is 19.2 Å². The number of ether oxygens (including phenoxy) is 1. The molecule has 1 aliphatic rings. The number of piperidine rings is 1. The van der Waals surface area contributed by atoms with Crippen LogP contribution in [0.4, 0.5) is 11.4 Å². The number of carbonyl (C=O) groups is 1. The van der Waals surface area contributed by atoms with Crippen molar-refractivity contribution in [3.8, 4) is 5.75 Å². The van der Waals surface area contributed by atoms with Gasteiger partial charge in [0.1, 0.15) is 0 Å². The number of hydrogen-bond acceptors (Lipinski definition) is 4. The first-order chi connectivity index (χ1) is 11.3. The summed E-state index contributed by atoms with van der Waals surface area (Å²) in [5, 5.41) is 13.9. The molecule has 0 spiro atoms. The maximum absolute atomic E-state index is 12.4. The number of nitro groups is 1.